The predicted molar refractivity (Wildman–Crippen MR) is 66.0 cm³/mol. The van der Waals surface area contributed by atoms with E-state index in [-0.39, 0.29) is 0 Å². The Kier molecular flexibility index (Phi) is 3.65. The van der Waals surface area contributed by atoms with Gasteiger partial charge in [0.25, 0.3) is 0 Å². The molecule has 2 N–H and O–H groups in total. The lowest BCUT2D eigenvalue weighted by atomic mass is 9.94. The molecule has 1 aromatic carbocycles. The third-order valence-corrected chi connectivity index (χ3v) is 3.37. The Morgan fingerprint density at radius 2 is 1.33 bits per heavy atom. The van der Waals surface area contributed by atoms with Crippen LogP contribution in [0.3, 0.4) is 0 Å². The summed E-state index contributed by atoms with van der Waals surface area (Å²) < 4.78 is 0. The quantitative estimate of drug-likeness (QED) is 0.639. The summed E-state index contributed by atoms with van der Waals surface area (Å²) in [6, 6.07) is 6.45. The van der Waals surface area contributed by atoms with Gasteiger partial charge in [-0.3, -0.25) is 0 Å². The molecule has 0 heterocycles. The largest absolute Gasteiger partial charge is 0.399 e. The lowest BCUT2D eigenvalue weighted by Crippen LogP contribution is -1.99. The van der Waals surface area contributed by atoms with Crippen molar-refractivity contribution in [3.8, 4) is 0 Å². The summed E-state index contributed by atoms with van der Waals surface area (Å²) in [5.41, 5.74) is 9.79. The lowest BCUT2D eigenvalue weighted by Gasteiger charge is -2.12. The molecule has 2 rings (SSSR count). The van der Waals surface area contributed by atoms with Crippen molar-refractivity contribution in [2.75, 3.05) is 5.73 Å². The number of nitrogen functional groups attached to an aromatic ring is 1. The third kappa shape index (κ3) is 2.98. The molecular formula is C14H21N. The number of aryl methyl sites for hydroxylation is 2. The second kappa shape index (κ2) is 5.20. The highest BCUT2D eigenvalue weighted by Gasteiger charge is 2.05. The molecule has 0 atom stereocenters. The summed E-state index contributed by atoms with van der Waals surface area (Å²) in [4.78, 5) is 0. The van der Waals surface area contributed by atoms with Crippen LogP contribution < -0.4 is 5.73 Å². The van der Waals surface area contributed by atoms with E-state index in [0.717, 1.165) is 5.69 Å². The van der Waals surface area contributed by atoms with Gasteiger partial charge in [-0.2, -0.15) is 0 Å². The maximum atomic E-state index is 5.84. The van der Waals surface area contributed by atoms with Crippen molar-refractivity contribution in [1.29, 1.82) is 0 Å². The van der Waals surface area contributed by atoms with E-state index in [1.807, 2.05) is 6.07 Å². The number of anilines is 1. The van der Waals surface area contributed by atoms with Gasteiger partial charge in [-0.1, -0.05) is 31.7 Å². The molecule has 1 aliphatic rings. The SMILES string of the molecule is Nc1ccc2c(c1)CCCCCCCC2. The highest BCUT2D eigenvalue weighted by molar-refractivity contribution is 5.45. The van der Waals surface area contributed by atoms with Crippen LogP contribution in [-0.4, -0.2) is 0 Å². The van der Waals surface area contributed by atoms with E-state index in [4.69, 9.17) is 5.73 Å². The standard InChI is InChI=1S/C14H21N/c15-14-10-9-12-7-5-3-1-2-4-6-8-13(12)11-14/h9-11H,1-8,15H2. The van der Waals surface area contributed by atoms with Crippen LogP contribution in [0.15, 0.2) is 18.2 Å². The molecule has 0 unspecified atom stereocenters. The lowest BCUT2D eigenvalue weighted by molar-refractivity contribution is 0.581. The summed E-state index contributed by atoms with van der Waals surface area (Å²) in [5, 5.41) is 0. The maximum Gasteiger partial charge on any atom is 0.0316 e. The molecule has 1 aromatic rings. The van der Waals surface area contributed by atoms with E-state index in [1.165, 1.54) is 62.5 Å². The van der Waals surface area contributed by atoms with Crippen molar-refractivity contribution < 1.29 is 0 Å². The molecule has 0 amide bonds. The van der Waals surface area contributed by atoms with Gasteiger partial charge in [0.1, 0.15) is 0 Å². The fraction of sp³-hybridized carbons (Fsp3) is 0.571. The summed E-state index contributed by atoms with van der Waals surface area (Å²) >= 11 is 0. The van der Waals surface area contributed by atoms with Gasteiger partial charge in [-0.05, 0) is 48.9 Å². The van der Waals surface area contributed by atoms with Crippen LogP contribution in [0.25, 0.3) is 0 Å². The van der Waals surface area contributed by atoms with Crippen LogP contribution in [-0.2, 0) is 12.8 Å². The van der Waals surface area contributed by atoms with Crippen LogP contribution in [0, 0.1) is 0 Å². The Morgan fingerprint density at radius 3 is 2.07 bits per heavy atom. The first kappa shape index (κ1) is 10.5. The van der Waals surface area contributed by atoms with E-state index in [2.05, 4.69) is 12.1 Å². The van der Waals surface area contributed by atoms with Crippen molar-refractivity contribution in [2.45, 2.75) is 51.4 Å². The molecule has 0 aliphatic heterocycles. The van der Waals surface area contributed by atoms with E-state index in [1.54, 1.807) is 0 Å². The normalized spacial score (nSPS) is 18.1. The summed E-state index contributed by atoms with van der Waals surface area (Å²) in [6.07, 6.45) is 10.8. The van der Waals surface area contributed by atoms with Crippen molar-refractivity contribution >= 4 is 5.69 Å². The number of rotatable bonds is 0. The van der Waals surface area contributed by atoms with Crippen molar-refractivity contribution in [3.63, 3.8) is 0 Å². The molecule has 1 nitrogen and oxygen atoms in total. The molecule has 0 aromatic heterocycles. The van der Waals surface area contributed by atoms with Crippen LogP contribution in [0.5, 0.6) is 0 Å². The molecule has 0 radical (unpaired) electrons. The first-order valence-electron chi connectivity index (χ1n) is 6.23. The van der Waals surface area contributed by atoms with Crippen LogP contribution in [0.2, 0.25) is 0 Å². The van der Waals surface area contributed by atoms with Crippen molar-refractivity contribution in [3.05, 3.63) is 29.3 Å². The fourth-order valence-corrected chi connectivity index (χ4v) is 2.46. The topological polar surface area (TPSA) is 26.0 Å². The maximum absolute atomic E-state index is 5.84. The monoisotopic (exact) mass is 203 g/mol. The van der Waals surface area contributed by atoms with Crippen molar-refractivity contribution in [2.24, 2.45) is 0 Å². The van der Waals surface area contributed by atoms with Crippen molar-refractivity contribution in [1.82, 2.24) is 0 Å². The second-order valence-electron chi connectivity index (χ2n) is 4.65. The van der Waals surface area contributed by atoms with Gasteiger partial charge in [0.2, 0.25) is 0 Å². The van der Waals surface area contributed by atoms with Gasteiger partial charge in [0.05, 0.1) is 0 Å². The summed E-state index contributed by atoms with van der Waals surface area (Å²) in [7, 11) is 0. The van der Waals surface area contributed by atoms with Crippen LogP contribution in [0.4, 0.5) is 5.69 Å². The van der Waals surface area contributed by atoms with Gasteiger partial charge in [-0.25, -0.2) is 0 Å². The predicted octanol–water partition coefficient (Wildman–Crippen LogP) is 3.71. The first-order chi connectivity index (χ1) is 7.36. The molecular weight excluding hydrogens is 182 g/mol. The van der Waals surface area contributed by atoms with Crippen LogP contribution >= 0.6 is 0 Å². The zero-order valence-corrected chi connectivity index (χ0v) is 9.47. The molecule has 0 fully saturated rings. The molecule has 15 heavy (non-hydrogen) atoms. The molecule has 1 aliphatic carbocycles. The van der Waals surface area contributed by atoms with E-state index in [9.17, 15) is 0 Å². The van der Waals surface area contributed by atoms with E-state index in [0.29, 0.717) is 0 Å². The average molecular weight is 203 g/mol. The summed E-state index contributed by atoms with van der Waals surface area (Å²) in [5.74, 6) is 0. The number of benzene rings is 1. The minimum atomic E-state index is 0.922. The van der Waals surface area contributed by atoms with Gasteiger partial charge in [-0.15, -0.1) is 0 Å². The Labute approximate surface area is 92.7 Å². The number of nitrogens with two attached hydrogens (primary N) is 1. The highest BCUT2D eigenvalue weighted by atomic mass is 14.5. The van der Waals surface area contributed by atoms with Crippen LogP contribution in [0.1, 0.15) is 49.7 Å². The number of fused-ring (bicyclic) bond motifs is 1. The molecule has 0 saturated carbocycles. The zero-order chi connectivity index (χ0) is 10.5. The zero-order valence-electron chi connectivity index (χ0n) is 9.47. The second-order valence-corrected chi connectivity index (χ2v) is 4.65. The van der Waals surface area contributed by atoms with Gasteiger partial charge in [0.15, 0.2) is 0 Å². The minimum absolute atomic E-state index is 0.922. The first-order valence-corrected chi connectivity index (χ1v) is 6.23. The molecule has 0 bridgehead atoms. The molecule has 1 heteroatoms. The van der Waals surface area contributed by atoms with Gasteiger partial charge < -0.3 is 5.73 Å². The molecule has 0 saturated heterocycles. The smallest absolute Gasteiger partial charge is 0.0316 e. The van der Waals surface area contributed by atoms with E-state index < -0.39 is 0 Å². The summed E-state index contributed by atoms with van der Waals surface area (Å²) in [6.45, 7) is 0. The highest BCUT2D eigenvalue weighted by Crippen LogP contribution is 2.21. The Bertz CT molecular complexity index is 317. The molecule has 82 valence electrons. The average Bonchev–Trinajstić information content (AvgIpc) is 2.25. The Hall–Kier alpha value is -0.980. The van der Waals surface area contributed by atoms with Gasteiger partial charge >= 0.3 is 0 Å². The van der Waals surface area contributed by atoms with Gasteiger partial charge in [0, 0.05) is 5.69 Å². The Balaban J connectivity index is 2.15. The number of hydrogen-bond acceptors (Lipinski definition) is 1. The number of hydrogen-bond donors (Lipinski definition) is 1. The minimum Gasteiger partial charge on any atom is -0.399 e. The Morgan fingerprint density at radius 1 is 0.733 bits per heavy atom. The molecule has 0 spiro atoms. The third-order valence-electron chi connectivity index (χ3n) is 3.37. The van der Waals surface area contributed by atoms with E-state index >= 15 is 0 Å². The fourth-order valence-electron chi connectivity index (χ4n) is 2.46.